The number of esters is 1. The first-order valence-corrected chi connectivity index (χ1v) is 7.80. The Kier molecular flexibility index (Phi) is 6.57. The fourth-order valence-electron chi connectivity index (χ4n) is 2.07. The van der Waals surface area contributed by atoms with Gasteiger partial charge in [0, 0.05) is 5.69 Å². The van der Waals surface area contributed by atoms with E-state index in [1.54, 1.807) is 42.5 Å². The molecule has 0 fully saturated rings. The van der Waals surface area contributed by atoms with Gasteiger partial charge in [-0.1, -0.05) is 18.2 Å². The number of amides is 1. The zero-order valence-corrected chi connectivity index (χ0v) is 14.4. The van der Waals surface area contributed by atoms with Crippen molar-refractivity contribution in [1.29, 1.82) is 5.26 Å². The molecule has 0 saturated carbocycles. The maximum atomic E-state index is 12.1. The molecule has 0 aliphatic heterocycles. The van der Waals surface area contributed by atoms with E-state index in [0.29, 0.717) is 22.7 Å². The van der Waals surface area contributed by atoms with Gasteiger partial charge < -0.3 is 19.5 Å². The summed E-state index contributed by atoms with van der Waals surface area (Å²) in [6.07, 6.45) is -1.02. The molecule has 0 aliphatic rings. The lowest BCUT2D eigenvalue weighted by Gasteiger charge is -2.14. The molecular weight excluding hydrogens is 336 g/mol. The van der Waals surface area contributed by atoms with E-state index in [4.69, 9.17) is 19.5 Å². The van der Waals surface area contributed by atoms with Gasteiger partial charge in [0.2, 0.25) is 0 Å². The van der Waals surface area contributed by atoms with E-state index in [0.717, 1.165) is 0 Å². The fraction of sp³-hybridized carbons (Fsp3) is 0.211. The highest BCUT2D eigenvalue weighted by Crippen LogP contribution is 2.25. The summed E-state index contributed by atoms with van der Waals surface area (Å²) < 4.78 is 15.5. The van der Waals surface area contributed by atoms with E-state index >= 15 is 0 Å². The minimum atomic E-state index is -1.02. The van der Waals surface area contributed by atoms with Crippen molar-refractivity contribution in [2.24, 2.45) is 0 Å². The molecular formula is C19H18N2O5. The topological polar surface area (TPSA) is 97.7 Å². The standard InChI is InChI=1S/C19H18N2O5/c1-13(19(23)21-15-7-5-6-14(10-15)11-20)26-18(22)12-25-17-9-4-3-8-16(17)24-2/h3-10,13H,12H2,1-2H3,(H,21,23)/t13-/m1/s1. The summed E-state index contributed by atoms with van der Waals surface area (Å²) in [6, 6.07) is 15.3. The monoisotopic (exact) mass is 354 g/mol. The quantitative estimate of drug-likeness (QED) is 0.767. The number of nitrogens with zero attached hydrogens (tertiary/aromatic N) is 1. The van der Waals surface area contributed by atoms with Crippen molar-refractivity contribution in [3.05, 3.63) is 54.1 Å². The van der Waals surface area contributed by atoms with Crippen molar-refractivity contribution in [3.63, 3.8) is 0 Å². The number of nitrogens with one attached hydrogen (secondary N) is 1. The van der Waals surface area contributed by atoms with Crippen molar-refractivity contribution >= 4 is 17.6 Å². The molecule has 2 aromatic carbocycles. The first kappa shape index (κ1) is 18.8. The molecule has 2 aromatic rings. The van der Waals surface area contributed by atoms with Crippen LogP contribution in [0.1, 0.15) is 12.5 Å². The smallest absolute Gasteiger partial charge is 0.344 e. The van der Waals surface area contributed by atoms with Gasteiger partial charge in [-0.25, -0.2) is 4.79 Å². The van der Waals surface area contributed by atoms with Gasteiger partial charge in [0.15, 0.2) is 24.2 Å². The Bertz CT molecular complexity index is 829. The average Bonchev–Trinajstić information content (AvgIpc) is 2.66. The van der Waals surface area contributed by atoms with Crippen LogP contribution in [0, 0.1) is 11.3 Å². The van der Waals surface area contributed by atoms with Gasteiger partial charge in [0.25, 0.3) is 5.91 Å². The molecule has 0 bridgehead atoms. The number of benzene rings is 2. The van der Waals surface area contributed by atoms with Gasteiger partial charge in [0.1, 0.15) is 0 Å². The summed E-state index contributed by atoms with van der Waals surface area (Å²) in [4.78, 5) is 24.0. The Balaban J connectivity index is 1.86. The van der Waals surface area contributed by atoms with Crippen LogP contribution in [0.2, 0.25) is 0 Å². The molecule has 0 radical (unpaired) electrons. The third-order valence-electron chi connectivity index (χ3n) is 3.35. The summed E-state index contributed by atoms with van der Waals surface area (Å²) in [5.74, 6) is -0.309. The van der Waals surface area contributed by atoms with Crippen molar-refractivity contribution < 1.29 is 23.8 Å². The highest BCUT2D eigenvalue weighted by atomic mass is 16.6. The molecule has 0 spiro atoms. The Morgan fingerprint density at radius 1 is 1.15 bits per heavy atom. The molecule has 1 atom stereocenters. The maximum Gasteiger partial charge on any atom is 0.344 e. The van der Waals surface area contributed by atoms with Crippen molar-refractivity contribution in [3.8, 4) is 17.6 Å². The molecule has 7 nitrogen and oxygen atoms in total. The van der Waals surface area contributed by atoms with Gasteiger partial charge in [-0.3, -0.25) is 4.79 Å². The van der Waals surface area contributed by atoms with Gasteiger partial charge in [-0.2, -0.15) is 5.26 Å². The SMILES string of the molecule is COc1ccccc1OCC(=O)O[C@H](C)C(=O)Nc1cccc(C#N)c1. The molecule has 0 unspecified atom stereocenters. The predicted octanol–water partition coefficient (Wildman–Crippen LogP) is 2.52. The summed E-state index contributed by atoms with van der Waals surface area (Å²) in [5.41, 5.74) is 0.861. The van der Waals surface area contributed by atoms with Crippen LogP contribution < -0.4 is 14.8 Å². The number of ether oxygens (including phenoxy) is 3. The number of carbonyl (C=O) groups excluding carboxylic acids is 2. The first-order valence-electron chi connectivity index (χ1n) is 7.80. The number of hydrogen-bond acceptors (Lipinski definition) is 6. The van der Waals surface area contributed by atoms with Crippen LogP contribution in [0.3, 0.4) is 0 Å². The van der Waals surface area contributed by atoms with Crippen LogP contribution in [-0.4, -0.2) is 31.7 Å². The van der Waals surface area contributed by atoms with Crippen LogP contribution in [0.4, 0.5) is 5.69 Å². The van der Waals surface area contributed by atoms with Crippen molar-refractivity contribution in [2.45, 2.75) is 13.0 Å². The number of carbonyl (C=O) groups is 2. The molecule has 0 aromatic heterocycles. The second kappa shape index (κ2) is 9.08. The molecule has 0 aliphatic carbocycles. The lowest BCUT2D eigenvalue weighted by molar-refractivity contribution is -0.155. The summed E-state index contributed by atoms with van der Waals surface area (Å²) in [7, 11) is 1.49. The third kappa shape index (κ3) is 5.24. The average molecular weight is 354 g/mol. The molecule has 7 heteroatoms. The van der Waals surface area contributed by atoms with Gasteiger partial charge >= 0.3 is 5.97 Å². The summed E-state index contributed by atoms with van der Waals surface area (Å²) in [6.45, 7) is 1.09. The fourth-order valence-corrected chi connectivity index (χ4v) is 2.07. The van der Waals surface area contributed by atoms with E-state index < -0.39 is 18.0 Å². The van der Waals surface area contributed by atoms with E-state index in [1.165, 1.54) is 20.1 Å². The number of para-hydroxylation sites is 2. The molecule has 26 heavy (non-hydrogen) atoms. The minimum Gasteiger partial charge on any atom is -0.493 e. The Morgan fingerprint density at radius 3 is 2.58 bits per heavy atom. The molecule has 134 valence electrons. The van der Waals surface area contributed by atoms with Gasteiger partial charge in [0.05, 0.1) is 18.7 Å². The zero-order valence-electron chi connectivity index (χ0n) is 14.4. The van der Waals surface area contributed by atoms with E-state index in [9.17, 15) is 9.59 Å². The zero-order chi connectivity index (χ0) is 18.9. The number of nitriles is 1. The highest BCUT2D eigenvalue weighted by molar-refractivity contribution is 5.95. The largest absolute Gasteiger partial charge is 0.493 e. The van der Waals surface area contributed by atoms with Crippen LogP contribution in [-0.2, 0) is 14.3 Å². The third-order valence-corrected chi connectivity index (χ3v) is 3.35. The predicted molar refractivity (Wildman–Crippen MR) is 93.8 cm³/mol. The van der Waals surface area contributed by atoms with Crippen LogP contribution >= 0.6 is 0 Å². The maximum absolute atomic E-state index is 12.1. The molecule has 0 saturated heterocycles. The second-order valence-electron chi connectivity index (χ2n) is 5.25. The van der Waals surface area contributed by atoms with Crippen molar-refractivity contribution in [2.75, 3.05) is 19.0 Å². The Labute approximate surface area is 151 Å². The number of anilines is 1. The molecule has 2 rings (SSSR count). The molecule has 0 heterocycles. The number of methoxy groups -OCH3 is 1. The lowest BCUT2D eigenvalue weighted by Crippen LogP contribution is -2.31. The van der Waals surface area contributed by atoms with Crippen molar-refractivity contribution in [1.82, 2.24) is 0 Å². The van der Waals surface area contributed by atoms with Gasteiger partial charge in [-0.05, 0) is 37.3 Å². The summed E-state index contributed by atoms with van der Waals surface area (Å²) in [5, 5.41) is 11.4. The van der Waals surface area contributed by atoms with E-state index in [-0.39, 0.29) is 6.61 Å². The Hall–Kier alpha value is -3.53. The molecule has 1 amide bonds. The first-order chi connectivity index (χ1) is 12.5. The normalized spacial score (nSPS) is 11.0. The lowest BCUT2D eigenvalue weighted by atomic mass is 10.2. The molecule has 1 N–H and O–H groups in total. The minimum absolute atomic E-state index is 0.359. The van der Waals surface area contributed by atoms with E-state index in [1.807, 2.05) is 6.07 Å². The summed E-state index contributed by atoms with van der Waals surface area (Å²) >= 11 is 0. The van der Waals surface area contributed by atoms with Crippen LogP contribution in [0.15, 0.2) is 48.5 Å². The van der Waals surface area contributed by atoms with E-state index in [2.05, 4.69) is 5.32 Å². The number of hydrogen-bond donors (Lipinski definition) is 1. The van der Waals surface area contributed by atoms with Crippen LogP contribution in [0.25, 0.3) is 0 Å². The Morgan fingerprint density at radius 2 is 1.88 bits per heavy atom. The second-order valence-corrected chi connectivity index (χ2v) is 5.25. The number of rotatable bonds is 7. The van der Waals surface area contributed by atoms with Gasteiger partial charge in [-0.15, -0.1) is 0 Å². The van der Waals surface area contributed by atoms with Crippen LogP contribution in [0.5, 0.6) is 11.5 Å². The highest BCUT2D eigenvalue weighted by Gasteiger charge is 2.19.